The first-order chi connectivity index (χ1) is 9.54. The van der Waals surface area contributed by atoms with Crippen molar-refractivity contribution in [2.45, 2.75) is 15.8 Å². The van der Waals surface area contributed by atoms with Crippen molar-refractivity contribution in [1.29, 1.82) is 0 Å². The van der Waals surface area contributed by atoms with Crippen molar-refractivity contribution in [3.63, 3.8) is 0 Å². The first kappa shape index (κ1) is 13.5. The van der Waals surface area contributed by atoms with E-state index in [1.54, 1.807) is 23.9 Å². The van der Waals surface area contributed by atoms with Gasteiger partial charge in [0.1, 0.15) is 0 Å². The molecular weight excluding hydrogens is 292 g/mol. The molecule has 0 saturated heterocycles. The van der Waals surface area contributed by atoms with E-state index in [-0.39, 0.29) is 10.9 Å². The van der Waals surface area contributed by atoms with Crippen LogP contribution < -0.4 is 10.5 Å². The molecule has 3 N–H and O–H groups in total. The lowest BCUT2D eigenvalue weighted by atomic mass is 10.1. The molecule has 1 atom stereocenters. The molecule has 0 radical (unpaired) electrons. The van der Waals surface area contributed by atoms with E-state index in [2.05, 4.69) is 17.4 Å². The fraction of sp³-hybridized carbons (Fsp3) is 0.143. The highest BCUT2D eigenvalue weighted by Gasteiger charge is 2.22. The standard InChI is InChI=1S/C14H14N2O2S2/c15-20(17,18)11-5-3-4-10(8-11)16-13-9-19-14-7-2-1-6-12(13)14/h1-8,13,16H,9H2,(H2,15,17,18). The van der Waals surface area contributed by atoms with E-state index in [9.17, 15) is 8.42 Å². The SMILES string of the molecule is NS(=O)(=O)c1cccc(NC2CSc3ccccc32)c1. The van der Waals surface area contributed by atoms with Gasteiger partial charge in [0.15, 0.2) is 0 Å². The molecule has 2 aromatic rings. The van der Waals surface area contributed by atoms with Crippen LogP contribution in [0.5, 0.6) is 0 Å². The molecule has 2 aromatic carbocycles. The van der Waals surface area contributed by atoms with E-state index < -0.39 is 10.0 Å². The van der Waals surface area contributed by atoms with Crippen molar-refractivity contribution in [2.24, 2.45) is 5.14 Å². The highest BCUT2D eigenvalue weighted by molar-refractivity contribution is 7.99. The summed E-state index contributed by atoms with van der Waals surface area (Å²) in [7, 11) is -3.66. The van der Waals surface area contributed by atoms with Gasteiger partial charge in [-0.05, 0) is 29.8 Å². The normalized spacial score (nSPS) is 17.8. The summed E-state index contributed by atoms with van der Waals surface area (Å²) < 4.78 is 22.7. The Labute approximate surface area is 122 Å². The van der Waals surface area contributed by atoms with Gasteiger partial charge in [-0.3, -0.25) is 0 Å². The molecule has 1 aliphatic heterocycles. The maximum atomic E-state index is 11.4. The van der Waals surface area contributed by atoms with Gasteiger partial charge in [-0.1, -0.05) is 24.3 Å². The van der Waals surface area contributed by atoms with Crippen LogP contribution in [0.15, 0.2) is 58.3 Å². The summed E-state index contributed by atoms with van der Waals surface area (Å²) in [5.41, 5.74) is 2.01. The zero-order chi connectivity index (χ0) is 14.2. The fourth-order valence-electron chi connectivity index (χ4n) is 2.25. The number of thioether (sulfide) groups is 1. The third-order valence-corrected chi connectivity index (χ3v) is 5.30. The average Bonchev–Trinajstić information content (AvgIpc) is 2.82. The predicted octanol–water partition coefficient (Wildman–Crippen LogP) is 2.59. The number of hydrogen-bond donors (Lipinski definition) is 2. The molecule has 0 spiro atoms. The summed E-state index contributed by atoms with van der Waals surface area (Å²) in [6.45, 7) is 0. The molecule has 3 rings (SSSR count). The van der Waals surface area contributed by atoms with Crippen LogP contribution in [0.25, 0.3) is 0 Å². The van der Waals surface area contributed by atoms with Crippen molar-refractivity contribution in [1.82, 2.24) is 0 Å². The Balaban J connectivity index is 1.87. The van der Waals surface area contributed by atoms with Crippen LogP contribution in [0.3, 0.4) is 0 Å². The minimum absolute atomic E-state index is 0.126. The number of fused-ring (bicyclic) bond motifs is 1. The predicted molar refractivity (Wildman–Crippen MR) is 81.3 cm³/mol. The van der Waals surface area contributed by atoms with Crippen molar-refractivity contribution in [2.75, 3.05) is 11.1 Å². The average molecular weight is 306 g/mol. The second kappa shape index (κ2) is 5.12. The molecule has 0 aromatic heterocycles. The Bertz CT molecular complexity index is 744. The van der Waals surface area contributed by atoms with Gasteiger partial charge in [-0.2, -0.15) is 0 Å². The topological polar surface area (TPSA) is 72.2 Å². The van der Waals surface area contributed by atoms with Gasteiger partial charge in [0, 0.05) is 16.3 Å². The number of anilines is 1. The number of benzene rings is 2. The molecule has 6 heteroatoms. The molecule has 104 valence electrons. The van der Waals surface area contributed by atoms with E-state index in [1.165, 1.54) is 16.5 Å². The Hall–Kier alpha value is -1.50. The van der Waals surface area contributed by atoms with Gasteiger partial charge in [0.05, 0.1) is 10.9 Å². The number of primary sulfonamides is 1. The van der Waals surface area contributed by atoms with Crippen molar-refractivity contribution in [3.05, 3.63) is 54.1 Å². The zero-order valence-electron chi connectivity index (χ0n) is 10.6. The third-order valence-electron chi connectivity index (χ3n) is 3.20. The molecule has 0 bridgehead atoms. The maximum absolute atomic E-state index is 11.4. The van der Waals surface area contributed by atoms with Gasteiger partial charge < -0.3 is 5.32 Å². The fourth-order valence-corrected chi connectivity index (χ4v) is 3.97. The van der Waals surface area contributed by atoms with Gasteiger partial charge in [-0.15, -0.1) is 11.8 Å². The molecule has 1 heterocycles. The van der Waals surface area contributed by atoms with E-state index in [0.29, 0.717) is 0 Å². The summed E-state index contributed by atoms with van der Waals surface area (Å²) >= 11 is 1.80. The van der Waals surface area contributed by atoms with Crippen LogP contribution in [0.1, 0.15) is 11.6 Å². The minimum atomic E-state index is -3.66. The molecular formula is C14H14N2O2S2. The van der Waals surface area contributed by atoms with Crippen LogP contribution in [0, 0.1) is 0 Å². The Morgan fingerprint density at radius 1 is 1.15 bits per heavy atom. The molecule has 20 heavy (non-hydrogen) atoms. The molecule has 0 amide bonds. The molecule has 0 fully saturated rings. The van der Waals surface area contributed by atoms with Crippen LogP contribution in [0.2, 0.25) is 0 Å². The molecule has 0 saturated carbocycles. The van der Waals surface area contributed by atoms with Gasteiger partial charge in [0.2, 0.25) is 10.0 Å². The Kier molecular flexibility index (Phi) is 3.45. The highest BCUT2D eigenvalue weighted by atomic mass is 32.2. The molecule has 1 unspecified atom stereocenters. The number of rotatable bonds is 3. The van der Waals surface area contributed by atoms with E-state index in [4.69, 9.17) is 5.14 Å². The number of nitrogens with one attached hydrogen (secondary N) is 1. The van der Waals surface area contributed by atoms with E-state index >= 15 is 0 Å². The lowest BCUT2D eigenvalue weighted by Gasteiger charge is -2.15. The van der Waals surface area contributed by atoms with E-state index in [1.807, 2.05) is 18.2 Å². The summed E-state index contributed by atoms with van der Waals surface area (Å²) in [5, 5.41) is 8.52. The summed E-state index contributed by atoms with van der Waals surface area (Å²) in [4.78, 5) is 1.40. The largest absolute Gasteiger partial charge is 0.377 e. The summed E-state index contributed by atoms with van der Waals surface area (Å²) in [6, 6.07) is 15.0. The molecule has 4 nitrogen and oxygen atoms in total. The Morgan fingerprint density at radius 3 is 2.75 bits per heavy atom. The van der Waals surface area contributed by atoms with Crippen LogP contribution in [-0.2, 0) is 10.0 Å². The third kappa shape index (κ3) is 2.67. The lowest BCUT2D eigenvalue weighted by Crippen LogP contribution is -2.13. The van der Waals surface area contributed by atoms with Crippen LogP contribution in [-0.4, -0.2) is 14.2 Å². The van der Waals surface area contributed by atoms with Crippen LogP contribution >= 0.6 is 11.8 Å². The molecule has 1 aliphatic rings. The maximum Gasteiger partial charge on any atom is 0.238 e. The van der Waals surface area contributed by atoms with E-state index in [0.717, 1.165) is 11.4 Å². The van der Waals surface area contributed by atoms with Gasteiger partial charge in [-0.25, -0.2) is 13.6 Å². The highest BCUT2D eigenvalue weighted by Crippen LogP contribution is 2.39. The second-order valence-corrected chi connectivity index (χ2v) is 7.24. The smallest absolute Gasteiger partial charge is 0.238 e. The Morgan fingerprint density at radius 2 is 1.95 bits per heavy atom. The second-order valence-electron chi connectivity index (χ2n) is 4.62. The summed E-state index contributed by atoms with van der Waals surface area (Å²) in [5.74, 6) is 0.930. The van der Waals surface area contributed by atoms with Gasteiger partial charge >= 0.3 is 0 Å². The minimum Gasteiger partial charge on any atom is -0.377 e. The molecule has 0 aliphatic carbocycles. The number of sulfonamides is 1. The first-order valence-electron chi connectivity index (χ1n) is 6.15. The number of nitrogens with two attached hydrogens (primary N) is 1. The van der Waals surface area contributed by atoms with Crippen LogP contribution in [0.4, 0.5) is 5.69 Å². The quantitative estimate of drug-likeness (QED) is 0.914. The lowest BCUT2D eigenvalue weighted by molar-refractivity contribution is 0.598. The first-order valence-corrected chi connectivity index (χ1v) is 8.68. The van der Waals surface area contributed by atoms with Crippen molar-refractivity contribution >= 4 is 27.5 Å². The van der Waals surface area contributed by atoms with Crippen molar-refractivity contribution in [3.8, 4) is 0 Å². The summed E-state index contributed by atoms with van der Waals surface area (Å²) in [6.07, 6.45) is 0. The van der Waals surface area contributed by atoms with Crippen molar-refractivity contribution < 1.29 is 8.42 Å². The monoisotopic (exact) mass is 306 g/mol. The number of hydrogen-bond acceptors (Lipinski definition) is 4. The van der Waals surface area contributed by atoms with Gasteiger partial charge in [0.25, 0.3) is 0 Å². The zero-order valence-corrected chi connectivity index (χ0v) is 12.2.